The fourth-order valence-corrected chi connectivity index (χ4v) is 3.52. The van der Waals surface area contributed by atoms with Gasteiger partial charge in [-0.2, -0.15) is 0 Å². The topological polar surface area (TPSA) is 42.0 Å². The number of rotatable bonds is 6. The predicted molar refractivity (Wildman–Crippen MR) is 98.1 cm³/mol. The van der Waals surface area contributed by atoms with E-state index in [0.29, 0.717) is 24.0 Å². The van der Waals surface area contributed by atoms with Gasteiger partial charge in [0.05, 0.1) is 11.7 Å². The van der Waals surface area contributed by atoms with Gasteiger partial charge in [0, 0.05) is 32.8 Å². The molecule has 2 saturated heterocycles. The van der Waals surface area contributed by atoms with Crippen LogP contribution in [0.3, 0.4) is 0 Å². The van der Waals surface area contributed by atoms with Crippen molar-refractivity contribution in [3.8, 4) is 5.75 Å². The molecule has 0 saturated carbocycles. The Morgan fingerprint density at radius 1 is 1.24 bits per heavy atom. The Labute approximate surface area is 150 Å². The number of benzene rings is 1. The predicted octanol–water partition coefficient (Wildman–Crippen LogP) is 2.58. The second-order valence-electron chi connectivity index (χ2n) is 6.68. The summed E-state index contributed by atoms with van der Waals surface area (Å²) in [6, 6.07) is 7.46. The molecule has 1 aromatic rings. The highest BCUT2D eigenvalue weighted by Gasteiger charge is 2.25. The molecule has 2 aliphatic heterocycles. The van der Waals surface area contributed by atoms with Gasteiger partial charge in [0.15, 0.2) is 0 Å². The van der Waals surface area contributed by atoms with Crippen molar-refractivity contribution >= 4 is 5.91 Å². The van der Waals surface area contributed by atoms with Gasteiger partial charge in [0.1, 0.15) is 12.4 Å². The van der Waals surface area contributed by atoms with Gasteiger partial charge in [-0.25, -0.2) is 0 Å². The van der Waals surface area contributed by atoms with Gasteiger partial charge in [0.25, 0.3) is 5.91 Å². The first-order chi connectivity index (χ1) is 12.3. The summed E-state index contributed by atoms with van der Waals surface area (Å²) in [5.74, 6) is 0.687. The van der Waals surface area contributed by atoms with Crippen molar-refractivity contribution in [3.63, 3.8) is 0 Å². The number of carbonyl (C=O) groups is 1. The van der Waals surface area contributed by atoms with Crippen molar-refractivity contribution < 1.29 is 14.3 Å². The minimum atomic E-state index is 0.0543. The number of ether oxygens (including phenoxy) is 2. The SMILES string of the molecule is C=CCOc1ccccc1C(=O)N1CCCN(C[C@H]2CCCO2)CC1. The van der Waals surface area contributed by atoms with E-state index < -0.39 is 0 Å². The Balaban J connectivity index is 1.60. The number of hydrogen-bond acceptors (Lipinski definition) is 4. The van der Waals surface area contributed by atoms with Crippen LogP contribution in [0.15, 0.2) is 36.9 Å². The summed E-state index contributed by atoms with van der Waals surface area (Å²) in [5.41, 5.74) is 0.636. The molecule has 5 heteroatoms. The van der Waals surface area contributed by atoms with Gasteiger partial charge in [-0.15, -0.1) is 0 Å². The van der Waals surface area contributed by atoms with Crippen molar-refractivity contribution in [3.05, 3.63) is 42.5 Å². The van der Waals surface area contributed by atoms with Crippen LogP contribution in [0.5, 0.6) is 5.75 Å². The van der Waals surface area contributed by atoms with Crippen LogP contribution in [0.2, 0.25) is 0 Å². The second kappa shape index (κ2) is 9.02. The first-order valence-corrected chi connectivity index (χ1v) is 9.24. The summed E-state index contributed by atoms with van der Waals surface area (Å²) >= 11 is 0. The van der Waals surface area contributed by atoms with Gasteiger partial charge >= 0.3 is 0 Å². The van der Waals surface area contributed by atoms with E-state index in [1.165, 1.54) is 6.42 Å². The standard InChI is InChI=1S/C20H28N2O3/c1-2-14-25-19-9-4-3-8-18(19)20(23)22-11-6-10-21(12-13-22)16-17-7-5-15-24-17/h2-4,8-9,17H,1,5-7,10-16H2/t17-/m1/s1. The number of carbonyl (C=O) groups excluding carboxylic acids is 1. The van der Waals surface area contributed by atoms with Crippen molar-refractivity contribution in [2.24, 2.45) is 0 Å². The first-order valence-electron chi connectivity index (χ1n) is 9.24. The van der Waals surface area contributed by atoms with E-state index in [2.05, 4.69) is 11.5 Å². The number of para-hydroxylation sites is 1. The lowest BCUT2D eigenvalue weighted by Gasteiger charge is -2.24. The van der Waals surface area contributed by atoms with E-state index >= 15 is 0 Å². The molecule has 0 aliphatic carbocycles. The van der Waals surface area contributed by atoms with Crippen LogP contribution < -0.4 is 4.74 Å². The zero-order chi connectivity index (χ0) is 17.5. The molecular weight excluding hydrogens is 316 g/mol. The van der Waals surface area contributed by atoms with Crippen LogP contribution in [-0.4, -0.2) is 67.7 Å². The van der Waals surface area contributed by atoms with E-state index in [9.17, 15) is 4.79 Å². The number of hydrogen-bond donors (Lipinski definition) is 0. The Kier molecular flexibility index (Phi) is 6.48. The smallest absolute Gasteiger partial charge is 0.257 e. The maximum absolute atomic E-state index is 13.0. The molecule has 2 heterocycles. The number of nitrogens with zero attached hydrogens (tertiary/aromatic N) is 2. The average molecular weight is 344 g/mol. The monoisotopic (exact) mass is 344 g/mol. The Morgan fingerprint density at radius 2 is 2.12 bits per heavy atom. The lowest BCUT2D eigenvalue weighted by Crippen LogP contribution is -2.37. The minimum Gasteiger partial charge on any atom is -0.489 e. The lowest BCUT2D eigenvalue weighted by molar-refractivity contribution is 0.0702. The molecule has 25 heavy (non-hydrogen) atoms. The van der Waals surface area contributed by atoms with Crippen molar-refractivity contribution in [2.75, 3.05) is 45.9 Å². The lowest BCUT2D eigenvalue weighted by atomic mass is 10.1. The van der Waals surface area contributed by atoms with E-state index in [4.69, 9.17) is 9.47 Å². The average Bonchev–Trinajstić information content (AvgIpc) is 3.04. The summed E-state index contributed by atoms with van der Waals surface area (Å²) < 4.78 is 11.4. The molecule has 136 valence electrons. The summed E-state index contributed by atoms with van der Waals surface area (Å²) in [6.07, 6.45) is 5.39. The molecular formula is C20H28N2O3. The molecule has 0 spiro atoms. The Bertz CT molecular complexity index is 584. The molecule has 0 N–H and O–H groups in total. The van der Waals surface area contributed by atoms with Crippen LogP contribution >= 0.6 is 0 Å². The third kappa shape index (κ3) is 4.83. The molecule has 5 nitrogen and oxygen atoms in total. The van der Waals surface area contributed by atoms with Crippen LogP contribution in [0, 0.1) is 0 Å². The van der Waals surface area contributed by atoms with Gasteiger partial charge in [0.2, 0.25) is 0 Å². The highest BCUT2D eigenvalue weighted by molar-refractivity contribution is 5.97. The minimum absolute atomic E-state index is 0.0543. The van der Waals surface area contributed by atoms with E-state index in [0.717, 1.165) is 52.2 Å². The summed E-state index contributed by atoms with van der Waals surface area (Å²) in [7, 11) is 0. The van der Waals surface area contributed by atoms with Crippen molar-refractivity contribution in [1.82, 2.24) is 9.80 Å². The summed E-state index contributed by atoms with van der Waals surface area (Å²) in [5, 5.41) is 0. The first kappa shape index (κ1) is 18.0. The number of amides is 1. The molecule has 2 aliphatic rings. The van der Waals surface area contributed by atoms with Gasteiger partial charge < -0.3 is 14.4 Å². The second-order valence-corrected chi connectivity index (χ2v) is 6.68. The van der Waals surface area contributed by atoms with Crippen LogP contribution in [0.25, 0.3) is 0 Å². The highest BCUT2D eigenvalue weighted by atomic mass is 16.5. The molecule has 0 aromatic heterocycles. The molecule has 1 atom stereocenters. The maximum atomic E-state index is 13.0. The molecule has 2 fully saturated rings. The molecule has 0 bridgehead atoms. The molecule has 1 amide bonds. The summed E-state index contributed by atoms with van der Waals surface area (Å²) in [6.45, 7) is 9.42. The van der Waals surface area contributed by atoms with E-state index in [-0.39, 0.29) is 5.91 Å². The zero-order valence-corrected chi connectivity index (χ0v) is 14.9. The van der Waals surface area contributed by atoms with Crippen LogP contribution in [-0.2, 0) is 4.74 Å². The zero-order valence-electron chi connectivity index (χ0n) is 14.9. The third-order valence-electron chi connectivity index (χ3n) is 4.84. The van der Waals surface area contributed by atoms with Crippen LogP contribution in [0.4, 0.5) is 0 Å². The maximum Gasteiger partial charge on any atom is 0.257 e. The largest absolute Gasteiger partial charge is 0.489 e. The fraction of sp³-hybridized carbons (Fsp3) is 0.550. The molecule has 0 unspecified atom stereocenters. The quantitative estimate of drug-likeness (QED) is 0.744. The molecule has 0 radical (unpaired) electrons. The molecule has 1 aromatic carbocycles. The Hall–Kier alpha value is -1.85. The van der Waals surface area contributed by atoms with Gasteiger partial charge in [-0.1, -0.05) is 24.8 Å². The summed E-state index contributed by atoms with van der Waals surface area (Å²) in [4.78, 5) is 17.3. The fourth-order valence-electron chi connectivity index (χ4n) is 3.52. The van der Waals surface area contributed by atoms with Gasteiger partial charge in [-0.05, 0) is 37.9 Å². The third-order valence-corrected chi connectivity index (χ3v) is 4.84. The van der Waals surface area contributed by atoms with E-state index in [1.54, 1.807) is 6.08 Å². The van der Waals surface area contributed by atoms with E-state index in [1.807, 2.05) is 29.2 Å². The van der Waals surface area contributed by atoms with Crippen molar-refractivity contribution in [1.29, 1.82) is 0 Å². The van der Waals surface area contributed by atoms with Crippen molar-refractivity contribution in [2.45, 2.75) is 25.4 Å². The van der Waals surface area contributed by atoms with Gasteiger partial charge in [-0.3, -0.25) is 9.69 Å². The highest BCUT2D eigenvalue weighted by Crippen LogP contribution is 2.21. The van der Waals surface area contributed by atoms with Crippen LogP contribution in [0.1, 0.15) is 29.6 Å². The normalized spacial score (nSPS) is 21.8. The Morgan fingerprint density at radius 3 is 2.92 bits per heavy atom. The molecule has 3 rings (SSSR count).